The van der Waals surface area contributed by atoms with E-state index in [0.29, 0.717) is 6.54 Å². The predicted octanol–water partition coefficient (Wildman–Crippen LogP) is 4.88. The fraction of sp³-hybridized carbons (Fsp3) is 0.200. The van der Waals surface area contributed by atoms with Gasteiger partial charge in [0.1, 0.15) is 5.01 Å². The van der Waals surface area contributed by atoms with E-state index in [1.54, 1.807) is 11.3 Å². The first-order valence-corrected chi connectivity index (χ1v) is 9.50. The molecular formula is C20H17ClN2OS. The number of rotatable bonds is 5. The van der Waals surface area contributed by atoms with E-state index in [1.165, 1.54) is 0 Å². The van der Waals surface area contributed by atoms with Crippen molar-refractivity contribution in [1.29, 1.82) is 0 Å². The van der Waals surface area contributed by atoms with Gasteiger partial charge in [0.15, 0.2) is 0 Å². The molecule has 25 heavy (non-hydrogen) atoms. The number of aromatic nitrogens is 1. The van der Waals surface area contributed by atoms with E-state index in [9.17, 15) is 4.79 Å². The van der Waals surface area contributed by atoms with Crippen molar-refractivity contribution in [3.8, 4) is 11.3 Å². The zero-order valence-electron chi connectivity index (χ0n) is 13.5. The standard InChI is InChI=1S/C20H17ClN2OS/c21-17-9-5-4-8-14(17)15-10-16(15)20(24)22-11-19-23-18(12-25-19)13-6-2-1-3-7-13/h1-9,12,15-16H,10-11H2,(H,22,24). The Morgan fingerprint density at radius 3 is 2.72 bits per heavy atom. The molecule has 0 aliphatic heterocycles. The number of benzene rings is 2. The Balaban J connectivity index is 1.34. The van der Waals surface area contributed by atoms with Gasteiger partial charge in [0.2, 0.25) is 5.91 Å². The monoisotopic (exact) mass is 368 g/mol. The van der Waals surface area contributed by atoms with Crippen LogP contribution < -0.4 is 5.32 Å². The number of carbonyl (C=O) groups excluding carboxylic acids is 1. The number of hydrogen-bond acceptors (Lipinski definition) is 3. The summed E-state index contributed by atoms with van der Waals surface area (Å²) in [5.41, 5.74) is 3.12. The van der Waals surface area contributed by atoms with Gasteiger partial charge in [-0.25, -0.2) is 4.98 Å². The highest BCUT2D eigenvalue weighted by Crippen LogP contribution is 2.49. The largest absolute Gasteiger partial charge is 0.349 e. The van der Waals surface area contributed by atoms with Gasteiger partial charge >= 0.3 is 0 Å². The van der Waals surface area contributed by atoms with Gasteiger partial charge in [-0.3, -0.25) is 4.79 Å². The van der Waals surface area contributed by atoms with E-state index in [4.69, 9.17) is 11.6 Å². The molecule has 5 heteroatoms. The number of nitrogens with one attached hydrogen (secondary N) is 1. The molecule has 2 unspecified atom stereocenters. The van der Waals surface area contributed by atoms with Crippen molar-refractivity contribution in [2.45, 2.75) is 18.9 Å². The second-order valence-corrected chi connectivity index (χ2v) is 7.53. The van der Waals surface area contributed by atoms with Crippen LogP contribution in [0.5, 0.6) is 0 Å². The van der Waals surface area contributed by atoms with Crippen molar-refractivity contribution in [3.63, 3.8) is 0 Å². The van der Waals surface area contributed by atoms with Gasteiger partial charge in [-0.2, -0.15) is 0 Å². The first-order valence-electron chi connectivity index (χ1n) is 8.24. The molecule has 1 amide bonds. The highest BCUT2D eigenvalue weighted by Gasteiger charge is 2.44. The predicted molar refractivity (Wildman–Crippen MR) is 102 cm³/mol. The van der Waals surface area contributed by atoms with Gasteiger partial charge < -0.3 is 5.32 Å². The van der Waals surface area contributed by atoms with Crippen LogP contribution in [0.15, 0.2) is 60.0 Å². The average Bonchev–Trinajstić information content (AvgIpc) is 3.30. The molecule has 0 saturated heterocycles. The molecule has 126 valence electrons. The van der Waals surface area contributed by atoms with Crippen LogP contribution in [0.4, 0.5) is 0 Å². The normalized spacial score (nSPS) is 18.8. The zero-order chi connectivity index (χ0) is 17.2. The van der Waals surface area contributed by atoms with Crippen LogP contribution in [0, 0.1) is 5.92 Å². The molecule has 1 heterocycles. The fourth-order valence-electron chi connectivity index (χ4n) is 3.03. The molecule has 1 saturated carbocycles. The minimum absolute atomic E-state index is 0.0217. The Hall–Kier alpha value is -2.17. The lowest BCUT2D eigenvalue weighted by molar-refractivity contribution is -0.122. The quantitative estimate of drug-likeness (QED) is 0.697. The number of amides is 1. The maximum atomic E-state index is 12.4. The SMILES string of the molecule is O=C(NCc1nc(-c2ccccc2)cs1)C1CC1c1ccccc1Cl. The number of hydrogen-bond donors (Lipinski definition) is 1. The molecule has 4 rings (SSSR count). The van der Waals surface area contributed by atoms with Crippen molar-refractivity contribution in [2.75, 3.05) is 0 Å². The van der Waals surface area contributed by atoms with Crippen molar-refractivity contribution in [3.05, 3.63) is 75.6 Å². The summed E-state index contributed by atoms with van der Waals surface area (Å²) in [5.74, 6) is 0.347. The van der Waals surface area contributed by atoms with Crippen LogP contribution in [0.25, 0.3) is 11.3 Å². The summed E-state index contributed by atoms with van der Waals surface area (Å²) in [7, 11) is 0. The highest BCUT2D eigenvalue weighted by atomic mass is 35.5. The number of thiazole rings is 1. The minimum atomic E-state index is 0.0217. The molecule has 1 aliphatic rings. The van der Waals surface area contributed by atoms with Gasteiger partial charge in [-0.15, -0.1) is 11.3 Å². The molecule has 1 aliphatic carbocycles. The Morgan fingerprint density at radius 1 is 1.16 bits per heavy atom. The third-order valence-electron chi connectivity index (χ3n) is 4.47. The van der Waals surface area contributed by atoms with Crippen molar-refractivity contribution in [2.24, 2.45) is 5.92 Å². The Morgan fingerprint density at radius 2 is 1.92 bits per heavy atom. The molecule has 1 N–H and O–H groups in total. The molecule has 1 fully saturated rings. The van der Waals surface area contributed by atoms with Crippen molar-refractivity contribution < 1.29 is 4.79 Å². The number of nitrogens with zero attached hydrogens (tertiary/aromatic N) is 1. The lowest BCUT2D eigenvalue weighted by Gasteiger charge is -2.04. The van der Waals surface area contributed by atoms with E-state index in [2.05, 4.69) is 10.3 Å². The lowest BCUT2D eigenvalue weighted by Crippen LogP contribution is -2.24. The average molecular weight is 369 g/mol. The summed E-state index contributed by atoms with van der Waals surface area (Å²) in [5, 5.41) is 6.70. The second-order valence-electron chi connectivity index (χ2n) is 6.18. The number of halogens is 1. The minimum Gasteiger partial charge on any atom is -0.349 e. The zero-order valence-corrected chi connectivity index (χ0v) is 15.1. The lowest BCUT2D eigenvalue weighted by atomic mass is 10.1. The smallest absolute Gasteiger partial charge is 0.224 e. The van der Waals surface area contributed by atoms with Gasteiger partial charge in [0.05, 0.1) is 12.2 Å². The summed E-state index contributed by atoms with van der Waals surface area (Å²) in [6, 6.07) is 17.8. The van der Waals surface area contributed by atoms with E-state index in [-0.39, 0.29) is 17.7 Å². The third kappa shape index (κ3) is 3.60. The Labute approximate surface area is 155 Å². The van der Waals surface area contributed by atoms with E-state index in [1.807, 2.05) is 60.0 Å². The molecule has 0 bridgehead atoms. The van der Waals surface area contributed by atoms with E-state index >= 15 is 0 Å². The maximum Gasteiger partial charge on any atom is 0.224 e. The first kappa shape index (κ1) is 16.3. The van der Waals surface area contributed by atoms with E-state index < -0.39 is 0 Å². The molecule has 2 aromatic carbocycles. The van der Waals surface area contributed by atoms with Gasteiger partial charge in [0, 0.05) is 21.9 Å². The molecule has 2 atom stereocenters. The summed E-state index contributed by atoms with van der Waals surface area (Å²) >= 11 is 7.79. The maximum absolute atomic E-state index is 12.4. The molecular weight excluding hydrogens is 352 g/mol. The first-order chi connectivity index (χ1) is 12.2. The fourth-order valence-corrected chi connectivity index (χ4v) is 4.05. The van der Waals surface area contributed by atoms with Crippen LogP contribution in [0.1, 0.15) is 22.9 Å². The van der Waals surface area contributed by atoms with Gasteiger partial charge in [0.25, 0.3) is 0 Å². The summed E-state index contributed by atoms with van der Waals surface area (Å²) < 4.78 is 0. The van der Waals surface area contributed by atoms with E-state index in [0.717, 1.165) is 33.3 Å². The summed E-state index contributed by atoms with van der Waals surface area (Å²) in [4.78, 5) is 17.0. The Bertz CT molecular complexity index is 893. The molecule has 3 nitrogen and oxygen atoms in total. The van der Waals surface area contributed by atoms with Crippen LogP contribution in [0.3, 0.4) is 0 Å². The second kappa shape index (κ2) is 6.98. The molecule has 1 aromatic heterocycles. The van der Waals surface area contributed by atoms with Crippen LogP contribution >= 0.6 is 22.9 Å². The highest BCUT2D eigenvalue weighted by molar-refractivity contribution is 7.09. The number of carbonyl (C=O) groups is 1. The van der Waals surface area contributed by atoms with Crippen LogP contribution in [-0.4, -0.2) is 10.9 Å². The molecule has 0 spiro atoms. The van der Waals surface area contributed by atoms with Crippen molar-refractivity contribution in [1.82, 2.24) is 10.3 Å². The van der Waals surface area contributed by atoms with Crippen LogP contribution in [0.2, 0.25) is 5.02 Å². The third-order valence-corrected chi connectivity index (χ3v) is 5.66. The van der Waals surface area contributed by atoms with Gasteiger partial charge in [-0.05, 0) is 24.0 Å². The Kier molecular flexibility index (Phi) is 4.55. The molecule has 3 aromatic rings. The molecule has 0 radical (unpaired) electrons. The summed E-state index contributed by atoms with van der Waals surface area (Å²) in [6.07, 6.45) is 0.864. The topological polar surface area (TPSA) is 42.0 Å². The van der Waals surface area contributed by atoms with Gasteiger partial charge in [-0.1, -0.05) is 60.1 Å². The van der Waals surface area contributed by atoms with Crippen LogP contribution in [-0.2, 0) is 11.3 Å². The van der Waals surface area contributed by atoms with Crippen molar-refractivity contribution >= 4 is 28.8 Å². The summed E-state index contributed by atoms with van der Waals surface area (Å²) in [6.45, 7) is 0.474.